The first-order chi connectivity index (χ1) is 16.4. The Labute approximate surface area is 200 Å². The van der Waals surface area contributed by atoms with Crippen molar-refractivity contribution in [3.63, 3.8) is 0 Å². The first-order valence-electron chi connectivity index (χ1n) is 10.9. The molecule has 0 aliphatic heterocycles. The summed E-state index contributed by atoms with van der Waals surface area (Å²) < 4.78 is 15.9. The second-order valence-electron chi connectivity index (χ2n) is 7.95. The van der Waals surface area contributed by atoms with Crippen LogP contribution >= 0.6 is 11.6 Å². The molecule has 0 fully saturated rings. The number of fused-ring (bicyclic) bond motifs is 1. The van der Waals surface area contributed by atoms with Crippen molar-refractivity contribution < 1.29 is 9.18 Å². The molecule has 0 bridgehead atoms. The van der Waals surface area contributed by atoms with Crippen LogP contribution in [0, 0.1) is 5.82 Å². The van der Waals surface area contributed by atoms with Crippen molar-refractivity contribution in [2.75, 3.05) is 6.54 Å². The first kappa shape index (κ1) is 23.4. The van der Waals surface area contributed by atoms with Gasteiger partial charge in [-0.3, -0.25) is 18.7 Å². The lowest BCUT2D eigenvalue weighted by molar-refractivity contribution is -0.121. The van der Waals surface area contributed by atoms with E-state index in [-0.39, 0.29) is 31.2 Å². The lowest BCUT2D eigenvalue weighted by atomic mass is 10.1. The van der Waals surface area contributed by atoms with Crippen LogP contribution in [-0.4, -0.2) is 21.6 Å². The maximum atomic E-state index is 13.3. The van der Waals surface area contributed by atoms with E-state index in [0.717, 1.165) is 15.7 Å². The van der Waals surface area contributed by atoms with E-state index in [2.05, 4.69) is 5.32 Å². The van der Waals surface area contributed by atoms with Gasteiger partial charge in [-0.1, -0.05) is 48.0 Å². The van der Waals surface area contributed by atoms with Crippen LogP contribution in [0.5, 0.6) is 0 Å². The number of benzene rings is 3. The predicted molar refractivity (Wildman–Crippen MR) is 131 cm³/mol. The largest absolute Gasteiger partial charge is 0.356 e. The van der Waals surface area contributed by atoms with E-state index in [9.17, 15) is 18.8 Å². The number of nitrogens with one attached hydrogen (secondary N) is 1. The number of rotatable bonds is 8. The van der Waals surface area contributed by atoms with E-state index in [1.54, 1.807) is 48.5 Å². The summed E-state index contributed by atoms with van der Waals surface area (Å²) in [6.07, 6.45) is 0.633. The number of amides is 1. The van der Waals surface area contributed by atoms with Gasteiger partial charge in [-0.15, -0.1) is 0 Å². The molecule has 0 aliphatic rings. The zero-order valence-corrected chi connectivity index (χ0v) is 19.1. The Balaban J connectivity index is 1.51. The Kier molecular flexibility index (Phi) is 7.23. The molecular weight excluding hydrogens is 457 g/mol. The van der Waals surface area contributed by atoms with Crippen molar-refractivity contribution >= 4 is 28.4 Å². The van der Waals surface area contributed by atoms with E-state index in [1.807, 2.05) is 12.1 Å². The van der Waals surface area contributed by atoms with Gasteiger partial charge in [0.1, 0.15) is 5.82 Å². The average Bonchev–Trinajstić information content (AvgIpc) is 2.84. The Morgan fingerprint density at radius 2 is 1.56 bits per heavy atom. The van der Waals surface area contributed by atoms with E-state index >= 15 is 0 Å². The highest BCUT2D eigenvalue weighted by Gasteiger charge is 2.14. The molecule has 8 heteroatoms. The third kappa shape index (κ3) is 5.43. The van der Waals surface area contributed by atoms with Crippen LogP contribution in [0.2, 0.25) is 5.02 Å². The molecule has 1 heterocycles. The quantitative estimate of drug-likeness (QED) is 0.418. The average molecular weight is 480 g/mol. The highest BCUT2D eigenvalue weighted by Crippen LogP contribution is 2.12. The molecule has 4 aromatic rings. The van der Waals surface area contributed by atoms with E-state index < -0.39 is 11.2 Å². The Bertz CT molecular complexity index is 1430. The van der Waals surface area contributed by atoms with Crippen LogP contribution in [0.1, 0.15) is 17.5 Å². The maximum absolute atomic E-state index is 13.3. The lowest BCUT2D eigenvalue weighted by Gasteiger charge is -2.14. The predicted octanol–water partition coefficient (Wildman–Crippen LogP) is 3.75. The summed E-state index contributed by atoms with van der Waals surface area (Å²) in [6, 6.07) is 20.1. The summed E-state index contributed by atoms with van der Waals surface area (Å²) >= 11 is 5.88. The van der Waals surface area contributed by atoms with Crippen LogP contribution < -0.4 is 16.6 Å². The van der Waals surface area contributed by atoms with Crippen molar-refractivity contribution in [1.29, 1.82) is 0 Å². The molecule has 0 unspecified atom stereocenters. The smallest absolute Gasteiger partial charge is 0.331 e. The van der Waals surface area contributed by atoms with Gasteiger partial charge >= 0.3 is 5.69 Å². The summed E-state index contributed by atoms with van der Waals surface area (Å²) in [6.45, 7) is 0.563. The van der Waals surface area contributed by atoms with Crippen molar-refractivity contribution in [3.8, 4) is 0 Å². The Morgan fingerprint density at radius 3 is 2.29 bits per heavy atom. The van der Waals surface area contributed by atoms with Crippen molar-refractivity contribution in [1.82, 2.24) is 14.5 Å². The highest BCUT2D eigenvalue weighted by molar-refractivity contribution is 6.30. The van der Waals surface area contributed by atoms with Gasteiger partial charge in [0.2, 0.25) is 5.91 Å². The fourth-order valence-electron chi connectivity index (χ4n) is 3.79. The zero-order chi connectivity index (χ0) is 24.1. The molecule has 0 spiro atoms. The highest BCUT2D eigenvalue weighted by atomic mass is 35.5. The van der Waals surface area contributed by atoms with Crippen LogP contribution in [-0.2, 0) is 24.3 Å². The minimum atomic E-state index is -0.512. The van der Waals surface area contributed by atoms with Crippen LogP contribution in [0.15, 0.2) is 82.4 Å². The number of nitrogens with zero attached hydrogens (tertiary/aromatic N) is 2. The summed E-state index contributed by atoms with van der Waals surface area (Å²) in [5, 5.41) is 3.85. The van der Waals surface area contributed by atoms with Crippen molar-refractivity contribution in [3.05, 3.63) is 116 Å². The SMILES string of the molecule is O=C(CCn1c(=O)c2ccccc2n(Cc2ccc(F)cc2)c1=O)NCCc1ccc(Cl)cc1. The van der Waals surface area contributed by atoms with Crippen LogP contribution in [0.3, 0.4) is 0 Å². The van der Waals surface area contributed by atoms with Crippen molar-refractivity contribution in [2.45, 2.75) is 25.9 Å². The molecule has 0 saturated heterocycles. The van der Waals surface area contributed by atoms with Gasteiger partial charge in [0, 0.05) is 24.5 Å². The number of halogens is 2. The standard InChI is InChI=1S/C26H23ClFN3O3/c27-20-9-5-18(6-10-20)13-15-29-24(32)14-16-30-25(33)22-3-1-2-4-23(22)31(26(30)34)17-19-7-11-21(28)12-8-19/h1-12H,13-17H2,(H,29,32). The fraction of sp³-hybridized carbons (Fsp3) is 0.192. The number of para-hydroxylation sites is 1. The summed E-state index contributed by atoms with van der Waals surface area (Å²) in [5.74, 6) is -0.619. The molecule has 4 rings (SSSR count). The Morgan fingerprint density at radius 1 is 0.882 bits per heavy atom. The summed E-state index contributed by atoms with van der Waals surface area (Å²) in [5.41, 5.74) is 1.30. The number of carbonyl (C=O) groups is 1. The van der Waals surface area contributed by atoms with Gasteiger partial charge in [-0.2, -0.15) is 0 Å². The first-order valence-corrected chi connectivity index (χ1v) is 11.3. The third-order valence-corrected chi connectivity index (χ3v) is 5.85. The molecule has 1 N–H and O–H groups in total. The lowest BCUT2D eigenvalue weighted by Crippen LogP contribution is -2.41. The molecule has 34 heavy (non-hydrogen) atoms. The fourth-order valence-corrected chi connectivity index (χ4v) is 3.92. The van der Waals surface area contributed by atoms with Gasteiger partial charge in [-0.05, 0) is 53.9 Å². The molecule has 0 atom stereocenters. The van der Waals surface area contributed by atoms with Gasteiger partial charge < -0.3 is 5.32 Å². The summed E-state index contributed by atoms with van der Waals surface area (Å²) in [4.78, 5) is 38.6. The Hall–Kier alpha value is -3.71. The van der Waals surface area contributed by atoms with E-state index in [1.165, 1.54) is 16.7 Å². The van der Waals surface area contributed by atoms with Gasteiger partial charge in [0.15, 0.2) is 0 Å². The number of hydrogen-bond acceptors (Lipinski definition) is 3. The summed E-state index contributed by atoms with van der Waals surface area (Å²) in [7, 11) is 0. The van der Waals surface area contributed by atoms with Crippen LogP contribution in [0.25, 0.3) is 10.9 Å². The molecule has 174 valence electrons. The van der Waals surface area contributed by atoms with Crippen LogP contribution in [0.4, 0.5) is 4.39 Å². The number of carbonyl (C=O) groups excluding carboxylic acids is 1. The molecule has 0 radical (unpaired) electrons. The number of aromatic nitrogens is 2. The minimum Gasteiger partial charge on any atom is -0.356 e. The second-order valence-corrected chi connectivity index (χ2v) is 8.38. The minimum absolute atomic E-state index is 0.00927. The normalized spacial score (nSPS) is 11.0. The number of hydrogen-bond donors (Lipinski definition) is 1. The third-order valence-electron chi connectivity index (χ3n) is 5.60. The molecule has 0 saturated carbocycles. The van der Waals surface area contributed by atoms with E-state index in [4.69, 9.17) is 11.6 Å². The second kappa shape index (κ2) is 10.5. The molecular formula is C26H23ClFN3O3. The van der Waals surface area contributed by atoms with Gasteiger partial charge in [0.25, 0.3) is 5.56 Å². The molecule has 3 aromatic carbocycles. The maximum Gasteiger partial charge on any atom is 0.331 e. The zero-order valence-electron chi connectivity index (χ0n) is 18.3. The monoisotopic (exact) mass is 479 g/mol. The molecule has 1 aromatic heterocycles. The molecule has 6 nitrogen and oxygen atoms in total. The topological polar surface area (TPSA) is 73.1 Å². The van der Waals surface area contributed by atoms with E-state index in [0.29, 0.717) is 28.9 Å². The molecule has 1 amide bonds. The van der Waals surface area contributed by atoms with Gasteiger partial charge in [0.05, 0.1) is 17.4 Å². The van der Waals surface area contributed by atoms with Crippen molar-refractivity contribution in [2.24, 2.45) is 0 Å². The molecule has 0 aliphatic carbocycles. The van der Waals surface area contributed by atoms with Gasteiger partial charge in [-0.25, -0.2) is 9.18 Å².